The van der Waals surface area contributed by atoms with Crippen LogP contribution in [0.15, 0.2) is 40.8 Å². The van der Waals surface area contributed by atoms with E-state index in [0.29, 0.717) is 42.7 Å². The first-order valence-electron chi connectivity index (χ1n) is 9.37. The average molecular weight is 370 g/mol. The number of anilines is 2. The number of amides is 2. The molecule has 0 saturated heterocycles. The Morgan fingerprint density at radius 1 is 1.22 bits per heavy atom. The van der Waals surface area contributed by atoms with E-state index in [-0.39, 0.29) is 5.91 Å². The van der Waals surface area contributed by atoms with E-state index in [1.54, 1.807) is 38.2 Å². The van der Waals surface area contributed by atoms with Crippen LogP contribution in [0.25, 0.3) is 0 Å². The third-order valence-corrected chi connectivity index (χ3v) is 4.84. The summed E-state index contributed by atoms with van der Waals surface area (Å²) >= 11 is 0. The van der Waals surface area contributed by atoms with Gasteiger partial charge in [-0.1, -0.05) is 6.92 Å². The number of furan rings is 1. The molecule has 1 aromatic heterocycles. The van der Waals surface area contributed by atoms with Gasteiger partial charge in [0.2, 0.25) is 5.91 Å². The molecule has 1 N–H and O–H groups in total. The highest BCUT2D eigenvalue weighted by molar-refractivity contribution is 5.92. The maximum absolute atomic E-state index is 12.2. The Bertz CT molecular complexity index is 797. The first-order chi connectivity index (χ1) is 13.0. The number of hydrogen-bond acceptors (Lipinski definition) is 4. The van der Waals surface area contributed by atoms with Gasteiger partial charge in [-0.2, -0.15) is 0 Å². The summed E-state index contributed by atoms with van der Waals surface area (Å²) in [6.07, 6.45) is 1.72. The van der Waals surface area contributed by atoms with E-state index in [0.717, 1.165) is 11.5 Å². The quantitative estimate of drug-likeness (QED) is 0.775. The molecule has 0 radical (unpaired) electrons. The lowest BCUT2D eigenvalue weighted by Crippen LogP contribution is -2.26. The van der Waals surface area contributed by atoms with Crippen LogP contribution in [0.5, 0.6) is 0 Å². The van der Waals surface area contributed by atoms with Gasteiger partial charge < -0.3 is 14.5 Å². The van der Waals surface area contributed by atoms with Crippen molar-refractivity contribution in [2.45, 2.75) is 39.0 Å². The van der Waals surface area contributed by atoms with E-state index in [1.165, 1.54) is 11.3 Å². The minimum absolute atomic E-state index is 0.0702. The Kier molecular flexibility index (Phi) is 5.84. The molecule has 1 aliphatic carbocycles. The van der Waals surface area contributed by atoms with Crippen LogP contribution in [0.3, 0.4) is 0 Å². The normalized spacial score (nSPS) is 18.0. The summed E-state index contributed by atoms with van der Waals surface area (Å²) in [6.45, 7) is 4.31. The summed E-state index contributed by atoms with van der Waals surface area (Å²) in [5.41, 5.74) is 1.39. The fourth-order valence-electron chi connectivity index (χ4n) is 3.00. The third kappa shape index (κ3) is 4.90. The molecule has 1 fully saturated rings. The highest BCUT2D eigenvalue weighted by atomic mass is 16.6. The minimum atomic E-state index is -0.410. The highest BCUT2D eigenvalue weighted by Crippen LogP contribution is 2.47. The van der Waals surface area contributed by atoms with Gasteiger partial charge in [-0.05, 0) is 55.7 Å². The second-order valence-corrected chi connectivity index (χ2v) is 6.98. The lowest BCUT2D eigenvalue weighted by molar-refractivity contribution is -0.116. The number of aryl methyl sites for hydroxylation is 1. The number of ether oxygens (including phenoxy) is 1. The highest BCUT2D eigenvalue weighted by Gasteiger charge is 2.36. The lowest BCUT2D eigenvalue weighted by Gasteiger charge is -2.16. The Labute approximate surface area is 159 Å². The summed E-state index contributed by atoms with van der Waals surface area (Å²) in [7, 11) is 1.64. The van der Waals surface area contributed by atoms with Crippen LogP contribution in [-0.2, 0) is 16.0 Å². The largest absolute Gasteiger partial charge is 0.466 e. The van der Waals surface area contributed by atoms with Crippen molar-refractivity contribution in [3.05, 3.63) is 47.9 Å². The zero-order chi connectivity index (χ0) is 19.4. The summed E-state index contributed by atoms with van der Waals surface area (Å²) < 4.78 is 10.8. The molecule has 0 spiro atoms. The van der Waals surface area contributed by atoms with E-state index in [9.17, 15) is 9.59 Å². The van der Waals surface area contributed by atoms with Crippen LogP contribution in [0.2, 0.25) is 0 Å². The molecular weight excluding hydrogens is 344 g/mol. The summed E-state index contributed by atoms with van der Waals surface area (Å²) in [5.74, 6) is 3.08. The minimum Gasteiger partial charge on any atom is -0.466 e. The number of carbonyl (C=O) groups excluding carboxylic acids is 2. The molecule has 6 heteroatoms. The zero-order valence-electron chi connectivity index (χ0n) is 16.0. The maximum Gasteiger partial charge on any atom is 0.413 e. The standard InChI is InChI=1S/C21H26N2O4/c1-4-26-21(25)23(3)16-7-5-15(6-8-16)22-20(24)12-10-17-9-11-19(27-17)18-13-14(18)2/h5-9,11,14,18H,4,10,12-13H2,1-3H3,(H,22,24). The zero-order valence-corrected chi connectivity index (χ0v) is 16.0. The van der Waals surface area contributed by atoms with Crippen molar-refractivity contribution in [1.82, 2.24) is 0 Å². The Morgan fingerprint density at radius 3 is 2.56 bits per heavy atom. The van der Waals surface area contributed by atoms with Crippen molar-refractivity contribution in [3.63, 3.8) is 0 Å². The van der Waals surface area contributed by atoms with Crippen molar-refractivity contribution in [2.75, 3.05) is 23.9 Å². The second-order valence-electron chi connectivity index (χ2n) is 6.98. The van der Waals surface area contributed by atoms with Crippen molar-refractivity contribution >= 4 is 23.4 Å². The average Bonchev–Trinajstić information content (AvgIpc) is 3.20. The number of nitrogens with zero attached hydrogens (tertiary/aromatic N) is 1. The van der Waals surface area contributed by atoms with Crippen LogP contribution in [0.1, 0.15) is 44.1 Å². The van der Waals surface area contributed by atoms with E-state index in [1.807, 2.05) is 12.1 Å². The van der Waals surface area contributed by atoms with Crippen molar-refractivity contribution in [1.29, 1.82) is 0 Å². The molecule has 0 bridgehead atoms. The van der Waals surface area contributed by atoms with Crippen molar-refractivity contribution in [3.8, 4) is 0 Å². The van der Waals surface area contributed by atoms with E-state index in [4.69, 9.17) is 9.15 Å². The Hall–Kier alpha value is -2.76. The predicted octanol–water partition coefficient (Wildman–Crippen LogP) is 4.57. The van der Waals surface area contributed by atoms with Crippen molar-refractivity contribution < 1.29 is 18.7 Å². The fraction of sp³-hybridized carbons (Fsp3) is 0.429. The van der Waals surface area contributed by atoms with Gasteiger partial charge in [0.05, 0.1) is 6.61 Å². The second kappa shape index (κ2) is 8.29. The fourth-order valence-corrected chi connectivity index (χ4v) is 3.00. The van der Waals surface area contributed by atoms with Gasteiger partial charge in [0.25, 0.3) is 0 Å². The van der Waals surface area contributed by atoms with Gasteiger partial charge in [-0.3, -0.25) is 9.69 Å². The number of rotatable bonds is 7. The molecule has 2 unspecified atom stereocenters. The van der Waals surface area contributed by atoms with Gasteiger partial charge >= 0.3 is 6.09 Å². The van der Waals surface area contributed by atoms with Gasteiger partial charge in [0.1, 0.15) is 11.5 Å². The molecular formula is C21H26N2O4. The lowest BCUT2D eigenvalue weighted by atomic mass is 10.2. The maximum atomic E-state index is 12.2. The SMILES string of the molecule is CCOC(=O)N(C)c1ccc(NC(=O)CCc2ccc(C3CC3C)o2)cc1. The first-order valence-corrected chi connectivity index (χ1v) is 9.37. The number of nitrogens with one attached hydrogen (secondary N) is 1. The molecule has 2 amide bonds. The first kappa shape index (κ1) is 19.0. The van der Waals surface area contributed by atoms with Gasteiger partial charge in [0, 0.05) is 37.2 Å². The summed E-state index contributed by atoms with van der Waals surface area (Å²) in [6, 6.07) is 11.1. The van der Waals surface area contributed by atoms with Crippen LogP contribution in [0, 0.1) is 5.92 Å². The van der Waals surface area contributed by atoms with Crippen LogP contribution in [0.4, 0.5) is 16.2 Å². The monoisotopic (exact) mass is 370 g/mol. The van der Waals surface area contributed by atoms with E-state index < -0.39 is 6.09 Å². The molecule has 3 rings (SSSR count). The van der Waals surface area contributed by atoms with Gasteiger partial charge in [-0.15, -0.1) is 0 Å². The van der Waals surface area contributed by atoms with Crippen molar-refractivity contribution in [2.24, 2.45) is 5.92 Å². The van der Waals surface area contributed by atoms with Crippen LogP contribution < -0.4 is 10.2 Å². The van der Waals surface area contributed by atoms with Crippen LogP contribution >= 0.6 is 0 Å². The van der Waals surface area contributed by atoms with Gasteiger partial charge in [-0.25, -0.2) is 4.79 Å². The Morgan fingerprint density at radius 2 is 1.93 bits per heavy atom. The number of hydrogen-bond donors (Lipinski definition) is 1. The molecule has 27 heavy (non-hydrogen) atoms. The molecule has 1 aromatic carbocycles. The van der Waals surface area contributed by atoms with E-state index >= 15 is 0 Å². The topological polar surface area (TPSA) is 71.8 Å². The molecule has 2 aromatic rings. The van der Waals surface area contributed by atoms with E-state index in [2.05, 4.69) is 12.2 Å². The molecule has 1 saturated carbocycles. The molecule has 1 heterocycles. The molecule has 6 nitrogen and oxygen atoms in total. The van der Waals surface area contributed by atoms with Crippen LogP contribution in [-0.4, -0.2) is 25.7 Å². The molecule has 1 aliphatic rings. The molecule has 0 aliphatic heterocycles. The molecule has 144 valence electrons. The number of carbonyl (C=O) groups is 2. The molecule has 2 atom stereocenters. The predicted molar refractivity (Wildman–Crippen MR) is 104 cm³/mol. The smallest absolute Gasteiger partial charge is 0.413 e. The Balaban J connectivity index is 1.47. The summed E-state index contributed by atoms with van der Waals surface area (Å²) in [5, 5.41) is 2.87. The number of benzene rings is 1. The van der Waals surface area contributed by atoms with Gasteiger partial charge in [0.15, 0.2) is 0 Å². The third-order valence-electron chi connectivity index (χ3n) is 4.84. The summed E-state index contributed by atoms with van der Waals surface area (Å²) in [4.78, 5) is 25.3.